The van der Waals surface area contributed by atoms with Gasteiger partial charge in [-0.25, -0.2) is 0 Å². The second-order valence-electron chi connectivity index (χ2n) is 6.23. The lowest BCUT2D eigenvalue weighted by Crippen LogP contribution is -2.53. The molecule has 1 saturated carbocycles. The number of hydrogen-bond acceptors (Lipinski definition) is 1. The third-order valence-electron chi connectivity index (χ3n) is 5.74. The lowest BCUT2D eigenvalue weighted by molar-refractivity contribution is 0.0524. The van der Waals surface area contributed by atoms with E-state index in [4.69, 9.17) is 0 Å². The third-order valence-corrected chi connectivity index (χ3v) is 5.74. The molecule has 2 atom stereocenters. The Hall–Kier alpha value is -0.820. The highest BCUT2D eigenvalue weighted by Gasteiger charge is 2.58. The molecule has 1 N–H and O–H groups in total. The minimum Gasteiger partial charge on any atom is -0.307 e. The Kier molecular flexibility index (Phi) is 2.00. The molecular weight excluding hydrogens is 206 g/mol. The van der Waals surface area contributed by atoms with Gasteiger partial charge in [-0.05, 0) is 55.2 Å². The molecule has 2 fully saturated rings. The first-order chi connectivity index (χ1) is 8.36. The van der Waals surface area contributed by atoms with Gasteiger partial charge in [0.15, 0.2) is 0 Å². The zero-order chi connectivity index (χ0) is 11.3. The zero-order valence-corrected chi connectivity index (χ0v) is 10.5. The van der Waals surface area contributed by atoms with Crippen molar-refractivity contribution in [2.45, 2.75) is 50.5 Å². The van der Waals surface area contributed by atoms with Crippen LogP contribution in [0.4, 0.5) is 0 Å². The minimum atomic E-state index is 0.347. The summed E-state index contributed by atoms with van der Waals surface area (Å²) >= 11 is 0. The van der Waals surface area contributed by atoms with Gasteiger partial charge in [0, 0.05) is 5.54 Å². The van der Waals surface area contributed by atoms with E-state index < -0.39 is 0 Å². The maximum atomic E-state index is 3.92. The van der Waals surface area contributed by atoms with Crippen LogP contribution in [0.15, 0.2) is 24.3 Å². The van der Waals surface area contributed by atoms with Crippen molar-refractivity contribution < 1.29 is 0 Å². The highest BCUT2D eigenvalue weighted by molar-refractivity contribution is 5.41. The van der Waals surface area contributed by atoms with Crippen LogP contribution in [0.3, 0.4) is 0 Å². The normalized spacial score (nSPS) is 39.3. The summed E-state index contributed by atoms with van der Waals surface area (Å²) in [6.45, 7) is 1.23. The van der Waals surface area contributed by atoms with E-state index in [1.54, 1.807) is 11.1 Å². The Morgan fingerprint density at radius 2 is 1.82 bits per heavy atom. The summed E-state index contributed by atoms with van der Waals surface area (Å²) in [6.07, 6.45) is 9.80. The van der Waals surface area contributed by atoms with E-state index >= 15 is 0 Å². The van der Waals surface area contributed by atoms with E-state index in [0.29, 0.717) is 11.0 Å². The highest BCUT2D eigenvalue weighted by atomic mass is 15.1. The molecule has 1 aliphatic heterocycles. The summed E-state index contributed by atoms with van der Waals surface area (Å²) in [5, 5.41) is 3.92. The fourth-order valence-corrected chi connectivity index (χ4v) is 4.97. The molecule has 0 unspecified atom stereocenters. The van der Waals surface area contributed by atoms with Crippen molar-refractivity contribution in [3.63, 3.8) is 0 Å². The van der Waals surface area contributed by atoms with E-state index in [0.717, 1.165) is 0 Å². The summed E-state index contributed by atoms with van der Waals surface area (Å²) in [5.74, 6) is 0. The summed E-state index contributed by atoms with van der Waals surface area (Å²) in [6, 6.07) is 9.19. The van der Waals surface area contributed by atoms with Gasteiger partial charge in [0.1, 0.15) is 0 Å². The Labute approximate surface area is 104 Å². The molecule has 1 heteroatoms. The topological polar surface area (TPSA) is 12.0 Å². The van der Waals surface area contributed by atoms with Crippen molar-refractivity contribution >= 4 is 0 Å². The maximum absolute atomic E-state index is 3.92. The number of nitrogens with one attached hydrogen (secondary N) is 1. The van der Waals surface area contributed by atoms with Gasteiger partial charge >= 0.3 is 0 Å². The fourth-order valence-electron chi connectivity index (χ4n) is 4.97. The minimum absolute atomic E-state index is 0.347. The van der Waals surface area contributed by atoms with Gasteiger partial charge in [-0.15, -0.1) is 0 Å². The van der Waals surface area contributed by atoms with Gasteiger partial charge in [-0.1, -0.05) is 37.1 Å². The molecule has 1 nitrogen and oxygen atoms in total. The van der Waals surface area contributed by atoms with Crippen molar-refractivity contribution in [2.24, 2.45) is 5.41 Å². The predicted octanol–water partition coefficient (Wildman–Crippen LogP) is 3.38. The molecular formula is C16H21N. The first kappa shape index (κ1) is 10.1. The van der Waals surface area contributed by atoms with Crippen LogP contribution in [-0.2, 0) is 12.0 Å². The molecule has 90 valence electrons. The highest BCUT2D eigenvalue weighted by Crippen LogP contribution is 2.60. The quantitative estimate of drug-likeness (QED) is 0.716. The maximum Gasteiger partial charge on any atom is 0.0494 e. The second-order valence-corrected chi connectivity index (χ2v) is 6.23. The lowest BCUT2D eigenvalue weighted by atomic mass is 9.54. The average Bonchev–Trinajstić information content (AvgIpc) is 2.79. The van der Waals surface area contributed by atoms with Gasteiger partial charge in [0.2, 0.25) is 0 Å². The zero-order valence-electron chi connectivity index (χ0n) is 10.5. The number of hydrogen-bond donors (Lipinski definition) is 1. The molecule has 0 aromatic heterocycles. The molecule has 1 heterocycles. The standard InChI is InChI=1S/C16H21N/c1-2-6-14-13(5-1)7-10-15-8-3-4-9-16(14,15)17-12-11-15/h1-2,5-6,17H,3-4,7-12H2/t15-,16+/m1/s1. The third kappa shape index (κ3) is 1.14. The van der Waals surface area contributed by atoms with Crippen molar-refractivity contribution in [3.05, 3.63) is 35.4 Å². The van der Waals surface area contributed by atoms with Crippen LogP contribution in [-0.4, -0.2) is 6.54 Å². The number of fused-ring (bicyclic) bond motifs is 1. The SMILES string of the molecule is c1ccc2c(c1)CC[C@@]13CCCC[C@]21NCC3. The summed E-state index contributed by atoms with van der Waals surface area (Å²) in [7, 11) is 0. The average molecular weight is 227 g/mol. The molecule has 1 saturated heterocycles. The molecule has 17 heavy (non-hydrogen) atoms. The molecule has 2 aliphatic carbocycles. The molecule has 3 aliphatic rings. The first-order valence-electron chi connectivity index (χ1n) is 7.20. The Morgan fingerprint density at radius 3 is 2.82 bits per heavy atom. The van der Waals surface area contributed by atoms with Crippen LogP contribution in [0, 0.1) is 5.41 Å². The Balaban J connectivity index is 1.94. The number of benzene rings is 1. The molecule has 1 aromatic rings. The summed E-state index contributed by atoms with van der Waals surface area (Å²) in [5.41, 5.74) is 4.20. The largest absolute Gasteiger partial charge is 0.307 e. The number of aryl methyl sites for hydroxylation is 1. The molecule has 0 spiro atoms. The van der Waals surface area contributed by atoms with Crippen LogP contribution >= 0.6 is 0 Å². The smallest absolute Gasteiger partial charge is 0.0494 e. The van der Waals surface area contributed by atoms with Crippen LogP contribution in [0.5, 0.6) is 0 Å². The molecule has 0 bridgehead atoms. The van der Waals surface area contributed by atoms with Crippen LogP contribution in [0.1, 0.15) is 49.7 Å². The van der Waals surface area contributed by atoms with Gasteiger partial charge in [-0.2, -0.15) is 0 Å². The van der Waals surface area contributed by atoms with Crippen molar-refractivity contribution in [2.75, 3.05) is 6.54 Å². The monoisotopic (exact) mass is 227 g/mol. The van der Waals surface area contributed by atoms with E-state index in [1.807, 2.05) is 0 Å². The van der Waals surface area contributed by atoms with E-state index in [2.05, 4.69) is 29.6 Å². The van der Waals surface area contributed by atoms with E-state index in [-0.39, 0.29) is 0 Å². The van der Waals surface area contributed by atoms with Crippen molar-refractivity contribution in [3.8, 4) is 0 Å². The summed E-state index contributed by atoms with van der Waals surface area (Å²) in [4.78, 5) is 0. The first-order valence-corrected chi connectivity index (χ1v) is 7.20. The molecule has 1 aromatic carbocycles. The second kappa shape index (κ2) is 3.35. The van der Waals surface area contributed by atoms with Crippen LogP contribution in [0.2, 0.25) is 0 Å². The van der Waals surface area contributed by atoms with Crippen LogP contribution < -0.4 is 5.32 Å². The van der Waals surface area contributed by atoms with E-state index in [9.17, 15) is 0 Å². The van der Waals surface area contributed by atoms with Crippen LogP contribution in [0.25, 0.3) is 0 Å². The van der Waals surface area contributed by atoms with Crippen molar-refractivity contribution in [1.82, 2.24) is 5.32 Å². The number of rotatable bonds is 0. The fraction of sp³-hybridized carbons (Fsp3) is 0.625. The molecule has 0 radical (unpaired) electrons. The van der Waals surface area contributed by atoms with Crippen molar-refractivity contribution in [1.29, 1.82) is 0 Å². The van der Waals surface area contributed by atoms with Gasteiger partial charge < -0.3 is 5.32 Å². The molecule has 0 amide bonds. The van der Waals surface area contributed by atoms with E-state index in [1.165, 1.54) is 51.5 Å². The molecule has 4 rings (SSSR count). The lowest BCUT2D eigenvalue weighted by Gasteiger charge is -2.53. The van der Waals surface area contributed by atoms with Gasteiger partial charge in [0.25, 0.3) is 0 Å². The summed E-state index contributed by atoms with van der Waals surface area (Å²) < 4.78 is 0. The van der Waals surface area contributed by atoms with Gasteiger partial charge in [-0.3, -0.25) is 0 Å². The Bertz CT molecular complexity index is 453. The van der Waals surface area contributed by atoms with Gasteiger partial charge in [0.05, 0.1) is 0 Å². The Morgan fingerprint density at radius 1 is 0.941 bits per heavy atom. The predicted molar refractivity (Wildman–Crippen MR) is 70.0 cm³/mol.